The SMILES string of the molecule is CN(C)c1ccc(C=Nc2ccc(N3CCN(C(S)S)CC3)cc2)cc1. The molecule has 0 saturated carbocycles. The highest BCUT2D eigenvalue weighted by molar-refractivity contribution is 7.99. The zero-order chi connectivity index (χ0) is 18.5. The van der Waals surface area contributed by atoms with E-state index in [4.69, 9.17) is 0 Å². The lowest BCUT2D eigenvalue weighted by Crippen LogP contribution is -2.47. The highest BCUT2D eigenvalue weighted by Gasteiger charge is 2.19. The van der Waals surface area contributed by atoms with Crippen LogP contribution in [0.4, 0.5) is 17.1 Å². The summed E-state index contributed by atoms with van der Waals surface area (Å²) in [4.78, 5) is 11.3. The van der Waals surface area contributed by atoms with Gasteiger partial charge in [-0.05, 0) is 42.0 Å². The number of nitrogens with zero attached hydrogens (tertiary/aromatic N) is 4. The summed E-state index contributed by atoms with van der Waals surface area (Å²) in [5.41, 5.74) is 4.50. The van der Waals surface area contributed by atoms with Crippen LogP contribution in [0.15, 0.2) is 53.5 Å². The normalized spacial score (nSPS) is 15.8. The van der Waals surface area contributed by atoms with Gasteiger partial charge in [0.15, 0.2) is 0 Å². The molecule has 26 heavy (non-hydrogen) atoms. The van der Waals surface area contributed by atoms with E-state index in [9.17, 15) is 0 Å². The molecule has 1 aliphatic heterocycles. The van der Waals surface area contributed by atoms with E-state index in [2.05, 4.69) is 93.5 Å². The fraction of sp³-hybridized carbons (Fsp3) is 0.350. The predicted molar refractivity (Wildman–Crippen MR) is 120 cm³/mol. The number of anilines is 2. The molecule has 6 heteroatoms. The van der Waals surface area contributed by atoms with Crippen molar-refractivity contribution in [2.45, 2.75) is 4.71 Å². The second kappa shape index (κ2) is 8.84. The summed E-state index contributed by atoms with van der Waals surface area (Å²) in [6.07, 6.45) is 1.91. The van der Waals surface area contributed by atoms with Crippen LogP contribution in [0.3, 0.4) is 0 Å². The van der Waals surface area contributed by atoms with Gasteiger partial charge >= 0.3 is 0 Å². The van der Waals surface area contributed by atoms with E-state index in [0.717, 1.165) is 37.4 Å². The molecule has 138 valence electrons. The van der Waals surface area contributed by atoms with E-state index in [0.29, 0.717) is 0 Å². The molecule has 1 saturated heterocycles. The summed E-state index contributed by atoms with van der Waals surface area (Å²) < 4.78 is 0.0284. The molecule has 2 aromatic carbocycles. The molecule has 0 spiro atoms. The summed E-state index contributed by atoms with van der Waals surface area (Å²) in [6.45, 7) is 3.97. The molecule has 1 fully saturated rings. The van der Waals surface area contributed by atoms with Crippen LogP contribution in [-0.4, -0.2) is 56.1 Å². The van der Waals surface area contributed by atoms with Crippen molar-refractivity contribution >= 4 is 48.5 Å². The van der Waals surface area contributed by atoms with Gasteiger partial charge in [-0.25, -0.2) is 0 Å². The van der Waals surface area contributed by atoms with Crippen molar-refractivity contribution in [3.63, 3.8) is 0 Å². The average molecular weight is 387 g/mol. The van der Waals surface area contributed by atoms with Crippen molar-refractivity contribution < 1.29 is 0 Å². The van der Waals surface area contributed by atoms with Gasteiger partial charge in [-0.15, -0.1) is 25.3 Å². The Morgan fingerprint density at radius 2 is 1.54 bits per heavy atom. The van der Waals surface area contributed by atoms with Crippen LogP contribution in [0, 0.1) is 0 Å². The Morgan fingerprint density at radius 1 is 0.923 bits per heavy atom. The molecular weight excluding hydrogens is 360 g/mol. The van der Waals surface area contributed by atoms with Gasteiger partial charge in [-0.3, -0.25) is 9.89 Å². The molecule has 4 nitrogen and oxygen atoms in total. The van der Waals surface area contributed by atoms with Crippen molar-refractivity contribution in [1.82, 2.24) is 4.90 Å². The zero-order valence-electron chi connectivity index (χ0n) is 15.3. The first-order valence-electron chi connectivity index (χ1n) is 8.79. The van der Waals surface area contributed by atoms with Gasteiger partial charge in [0.25, 0.3) is 0 Å². The van der Waals surface area contributed by atoms with E-state index < -0.39 is 0 Å². The van der Waals surface area contributed by atoms with Crippen LogP contribution in [0.25, 0.3) is 0 Å². The molecule has 3 rings (SSSR count). The Hall–Kier alpha value is -1.63. The van der Waals surface area contributed by atoms with Crippen LogP contribution in [0.1, 0.15) is 5.56 Å². The average Bonchev–Trinajstić information content (AvgIpc) is 2.67. The van der Waals surface area contributed by atoms with Gasteiger partial charge < -0.3 is 9.80 Å². The topological polar surface area (TPSA) is 22.1 Å². The minimum atomic E-state index is 0.0284. The summed E-state index contributed by atoms with van der Waals surface area (Å²) in [5, 5.41) is 0. The Kier molecular flexibility index (Phi) is 6.51. The third-order valence-corrected chi connectivity index (χ3v) is 5.28. The Morgan fingerprint density at radius 3 is 2.08 bits per heavy atom. The Labute approximate surface area is 167 Å². The van der Waals surface area contributed by atoms with Crippen molar-refractivity contribution in [2.75, 3.05) is 50.1 Å². The zero-order valence-corrected chi connectivity index (χ0v) is 17.1. The van der Waals surface area contributed by atoms with Gasteiger partial charge in [0, 0.05) is 57.9 Å². The first-order valence-corrected chi connectivity index (χ1v) is 9.83. The van der Waals surface area contributed by atoms with Crippen LogP contribution in [0.5, 0.6) is 0 Å². The number of aliphatic imine (C=N–C) groups is 1. The number of hydrogen-bond acceptors (Lipinski definition) is 6. The third kappa shape index (κ3) is 4.96. The molecule has 0 aromatic heterocycles. The van der Waals surface area contributed by atoms with E-state index >= 15 is 0 Å². The first kappa shape index (κ1) is 19.1. The largest absolute Gasteiger partial charge is 0.378 e. The number of rotatable bonds is 5. The van der Waals surface area contributed by atoms with Crippen molar-refractivity contribution in [3.8, 4) is 0 Å². The first-order chi connectivity index (χ1) is 12.5. The fourth-order valence-corrected chi connectivity index (χ4v) is 3.43. The van der Waals surface area contributed by atoms with Crippen molar-refractivity contribution in [1.29, 1.82) is 0 Å². The Bertz CT molecular complexity index is 718. The number of benzene rings is 2. The maximum Gasteiger partial charge on any atom is 0.0970 e. The fourth-order valence-electron chi connectivity index (χ4n) is 2.97. The molecule has 1 aliphatic rings. The monoisotopic (exact) mass is 386 g/mol. The highest BCUT2D eigenvalue weighted by Crippen LogP contribution is 2.22. The second-order valence-electron chi connectivity index (χ2n) is 6.63. The summed E-state index contributed by atoms with van der Waals surface area (Å²) in [5.74, 6) is 0. The van der Waals surface area contributed by atoms with Gasteiger partial charge in [-0.1, -0.05) is 12.1 Å². The quantitative estimate of drug-likeness (QED) is 0.464. The van der Waals surface area contributed by atoms with Crippen molar-refractivity contribution in [3.05, 3.63) is 54.1 Å². The lowest BCUT2D eigenvalue weighted by molar-refractivity contribution is 0.287. The summed E-state index contributed by atoms with van der Waals surface area (Å²) in [6, 6.07) is 16.8. The van der Waals surface area contributed by atoms with E-state index in [1.807, 2.05) is 20.3 Å². The highest BCUT2D eigenvalue weighted by atomic mass is 32.2. The van der Waals surface area contributed by atoms with E-state index in [1.54, 1.807) is 0 Å². The molecule has 1 heterocycles. The molecule has 0 amide bonds. The second-order valence-corrected chi connectivity index (χ2v) is 8.02. The maximum absolute atomic E-state index is 4.59. The van der Waals surface area contributed by atoms with Crippen molar-refractivity contribution in [2.24, 2.45) is 4.99 Å². The summed E-state index contributed by atoms with van der Waals surface area (Å²) >= 11 is 8.79. The molecule has 0 N–H and O–H groups in total. The van der Waals surface area contributed by atoms with Gasteiger partial charge in [0.1, 0.15) is 0 Å². The third-order valence-electron chi connectivity index (χ3n) is 4.63. The molecule has 0 radical (unpaired) electrons. The van der Waals surface area contributed by atoms with E-state index in [1.165, 1.54) is 11.4 Å². The van der Waals surface area contributed by atoms with Gasteiger partial charge in [-0.2, -0.15) is 0 Å². The lowest BCUT2D eigenvalue weighted by Gasteiger charge is -2.37. The standard InChI is InChI=1S/C20H26N4S2/c1-22(2)18-7-3-16(4-8-18)15-21-17-5-9-19(10-6-17)23-11-13-24(14-12-23)20(25)26/h3-10,15,20,25-26H,11-14H2,1-2H3. The molecule has 0 aliphatic carbocycles. The Balaban J connectivity index is 1.59. The maximum atomic E-state index is 4.59. The molecule has 0 unspecified atom stereocenters. The molecular formula is C20H26N4S2. The smallest absolute Gasteiger partial charge is 0.0970 e. The summed E-state index contributed by atoms with van der Waals surface area (Å²) in [7, 11) is 4.08. The van der Waals surface area contributed by atoms with E-state index in [-0.39, 0.29) is 4.71 Å². The minimum Gasteiger partial charge on any atom is -0.378 e. The molecule has 0 bridgehead atoms. The minimum absolute atomic E-state index is 0.0284. The predicted octanol–water partition coefficient (Wildman–Crippen LogP) is 3.77. The van der Waals surface area contributed by atoms with Gasteiger partial charge in [0.05, 0.1) is 10.4 Å². The van der Waals surface area contributed by atoms with Gasteiger partial charge in [0.2, 0.25) is 0 Å². The molecule has 0 atom stereocenters. The molecule has 2 aromatic rings. The van der Waals surface area contributed by atoms with Crippen LogP contribution < -0.4 is 9.80 Å². The number of thiol groups is 2. The number of piperazine rings is 1. The van der Waals surface area contributed by atoms with Crippen LogP contribution >= 0.6 is 25.3 Å². The van der Waals surface area contributed by atoms with Crippen LogP contribution in [0.2, 0.25) is 0 Å². The number of hydrogen-bond donors (Lipinski definition) is 2. The van der Waals surface area contributed by atoms with Crippen LogP contribution in [-0.2, 0) is 0 Å². The lowest BCUT2D eigenvalue weighted by atomic mass is 10.2.